The van der Waals surface area contributed by atoms with Crippen LogP contribution in [0.25, 0.3) is 33.2 Å². The lowest BCUT2D eigenvalue weighted by molar-refractivity contribution is 0.408. The number of anilines is 2. The molecule has 4 heterocycles. The molecule has 0 bridgehead atoms. The van der Waals surface area contributed by atoms with E-state index in [1.54, 1.807) is 18.6 Å². The Labute approximate surface area is 233 Å². The van der Waals surface area contributed by atoms with Gasteiger partial charge in [-0.2, -0.15) is 0 Å². The van der Waals surface area contributed by atoms with Gasteiger partial charge in [0.05, 0.1) is 30.8 Å². The summed E-state index contributed by atoms with van der Waals surface area (Å²) in [5, 5.41) is 1.71. The van der Waals surface area contributed by atoms with Crippen LogP contribution in [-0.4, -0.2) is 55.5 Å². The highest BCUT2D eigenvalue weighted by atomic mass is 35.5. The Morgan fingerprint density at radius 2 is 1.62 bits per heavy atom. The van der Waals surface area contributed by atoms with Crippen molar-refractivity contribution < 1.29 is 4.21 Å². The third-order valence-electron chi connectivity index (χ3n) is 7.14. The number of benzene rings is 2. The van der Waals surface area contributed by atoms with Crippen molar-refractivity contribution in [2.45, 2.75) is 4.90 Å². The fourth-order valence-electron chi connectivity index (χ4n) is 5.05. The predicted molar refractivity (Wildman–Crippen MR) is 161 cm³/mol. The van der Waals surface area contributed by atoms with E-state index in [0.717, 1.165) is 38.8 Å². The van der Waals surface area contributed by atoms with E-state index in [1.807, 2.05) is 71.2 Å². The van der Waals surface area contributed by atoms with E-state index < -0.39 is 9.71 Å². The zero-order valence-electron chi connectivity index (χ0n) is 21.2. The van der Waals surface area contributed by atoms with Crippen molar-refractivity contribution in [3.63, 3.8) is 0 Å². The van der Waals surface area contributed by atoms with E-state index in [0.29, 0.717) is 36.1 Å². The number of rotatable bonds is 5. The Bertz CT molecular complexity index is 1770. The lowest BCUT2D eigenvalue weighted by Gasteiger charge is -2.37. The van der Waals surface area contributed by atoms with Crippen molar-refractivity contribution in [1.29, 1.82) is 0 Å². The first-order chi connectivity index (χ1) is 18.9. The molecule has 196 valence electrons. The van der Waals surface area contributed by atoms with Gasteiger partial charge >= 0.3 is 0 Å². The first kappa shape index (κ1) is 25.3. The van der Waals surface area contributed by atoms with E-state index in [2.05, 4.69) is 31.8 Å². The summed E-state index contributed by atoms with van der Waals surface area (Å²) in [6.07, 6.45) is 7.08. The summed E-state index contributed by atoms with van der Waals surface area (Å²) in [5.41, 5.74) is 12.0. The lowest BCUT2D eigenvalue weighted by Crippen LogP contribution is -2.48. The normalized spacial score (nSPS) is 15.8. The molecular formula is C30H27ClN6OS. The SMILES string of the molecule is C=S(=O)(c1cc(-c2ccc3nccc(-c4ccncc4)c3c2)cnc1N)N1CCN(c2ccccc2Cl)CC1. The second-order valence-corrected chi connectivity index (χ2v) is 12.1. The molecule has 5 aromatic rings. The zero-order chi connectivity index (χ0) is 27.0. The van der Waals surface area contributed by atoms with Gasteiger partial charge in [-0.15, -0.1) is 0 Å². The molecule has 2 aromatic carbocycles. The van der Waals surface area contributed by atoms with Crippen LogP contribution in [0.15, 0.2) is 96.4 Å². The van der Waals surface area contributed by atoms with Crippen LogP contribution in [0.2, 0.25) is 5.02 Å². The highest BCUT2D eigenvalue weighted by Crippen LogP contribution is 2.33. The molecule has 1 atom stereocenters. The molecule has 3 aromatic heterocycles. The third-order valence-corrected chi connectivity index (χ3v) is 9.67. The van der Waals surface area contributed by atoms with E-state index in [-0.39, 0.29) is 5.82 Å². The quantitative estimate of drug-likeness (QED) is 0.292. The van der Waals surface area contributed by atoms with Crippen LogP contribution < -0.4 is 10.6 Å². The Hall–Kier alpha value is -3.98. The van der Waals surface area contributed by atoms with Crippen LogP contribution in [-0.2, 0) is 9.71 Å². The largest absolute Gasteiger partial charge is 0.383 e. The topological polar surface area (TPSA) is 88.2 Å². The van der Waals surface area contributed by atoms with E-state index in [1.165, 1.54) is 0 Å². The van der Waals surface area contributed by atoms with E-state index >= 15 is 0 Å². The fourth-order valence-corrected chi connectivity index (χ4v) is 7.03. The maximum atomic E-state index is 14.1. The Morgan fingerprint density at radius 3 is 2.38 bits per heavy atom. The predicted octanol–water partition coefficient (Wildman–Crippen LogP) is 5.41. The number of hydrogen-bond donors (Lipinski definition) is 1. The molecule has 1 aliphatic rings. The molecule has 9 heteroatoms. The number of pyridine rings is 3. The summed E-state index contributed by atoms with van der Waals surface area (Å²) < 4.78 is 16.0. The Balaban J connectivity index is 1.32. The molecule has 39 heavy (non-hydrogen) atoms. The standard InChI is InChI=1S/C30H27ClN6OS/c1-39(38,37-16-14-36(15-17-37)28-5-3-2-4-26(28)31)29-19-23(20-35-30(29)32)22-6-7-27-25(18-22)24(10-13-34-27)21-8-11-33-12-9-21/h2-13,18-20H,1,14-17H2,(H2,32,35). The van der Waals surface area contributed by atoms with Gasteiger partial charge in [0.2, 0.25) is 0 Å². The molecule has 2 N–H and O–H groups in total. The fraction of sp³-hybridized carbons (Fsp3) is 0.133. The van der Waals surface area contributed by atoms with Gasteiger partial charge < -0.3 is 10.6 Å². The minimum atomic E-state index is -2.87. The summed E-state index contributed by atoms with van der Waals surface area (Å²) in [6.45, 7) is 2.49. The van der Waals surface area contributed by atoms with Gasteiger partial charge in [0.25, 0.3) is 0 Å². The molecule has 6 rings (SSSR count). The minimum absolute atomic E-state index is 0.229. The number of fused-ring (bicyclic) bond motifs is 1. The van der Waals surface area contributed by atoms with Crippen LogP contribution in [0.3, 0.4) is 0 Å². The van der Waals surface area contributed by atoms with Gasteiger partial charge in [-0.1, -0.05) is 29.8 Å². The van der Waals surface area contributed by atoms with Crippen LogP contribution >= 0.6 is 11.6 Å². The van der Waals surface area contributed by atoms with Gasteiger partial charge in [-0.25, -0.2) is 13.5 Å². The molecular weight excluding hydrogens is 528 g/mol. The Morgan fingerprint density at radius 1 is 0.846 bits per heavy atom. The van der Waals surface area contributed by atoms with Gasteiger partial charge in [0, 0.05) is 61.9 Å². The number of nitrogens with two attached hydrogens (primary N) is 1. The van der Waals surface area contributed by atoms with Crippen molar-refractivity contribution >= 4 is 49.6 Å². The molecule has 0 radical (unpaired) electrons. The third kappa shape index (κ3) is 4.83. The van der Waals surface area contributed by atoms with E-state index in [9.17, 15) is 4.21 Å². The van der Waals surface area contributed by atoms with Crippen molar-refractivity contribution in [2.24, 2.45) is 0 Å². The summed E-state index contributed by atoms with van der Waals surface area (Å²) in [7, 11) is -2.87. The summed E-state index contributed by atoms with van der Waals surface area (Å²) in [4.78, 5) is 15.8. The smallest absolute Gasteiger partial charge is 0.140 e. The summed E-state index contributed by atoms with van der Waals surface area (Å²) >= 11 is 6.40. The number of para-hydroxylation sites is 1. The molecule has 1 fully saturated rings. The van der Waals surface area contributed by atoms with Gasteiger partial charge in [-0.3, -0.25) is 9.97 Å². The van der Waals surface area contributed by atoms with Gasteiger partial charge in [0.15, 0.2) is 0 Å². The van der Waals surface area contributed by atoms with Crippen LogP contribution in [0, 0.1) is 0 Å². The number of halogens is 1. The zero-order valence-corrected chi connectivity index (χ0v) is 22.8. The number of nitrogens with zero attached hydrogens (tertiary/aromatic N) is 5. The average molecular weight is 555 g/mol. The molecule has 1 saturated heterocycles. The first-order valence-corrected chi connectivity index (χ1v) is 14.6. The summed E-state index contributed by atoms with van der Waals surface area (Å²) in [6, 6.07) is 21.7. The number of aromatic nitrogens is 3. The second-order valence-electron chi connectivity index (χ2n) is 9.44. The van der Waals surface area contributed by atoms with Gasteiger partial charge in [0.1, 0.15) is 5.82 Å². The number of hydrogen-bond acceptors (Lipinski definition) is 6. The monoisotopic (exact) mass is 554 g/mol. The Kier molecular flexibility index (Phi) is 6.68. The van der Waals surface area contributed by atoms with Crippen molar-refractivity contribution in [3.05, 3.63) is 96.5 Å². The molecule has 7 nitrogen and oxygen atoms in total. The molecule has 0 amide bonds. The maximum Gasteiger partial charge on any atom is 0.140 e. The molecule has 0 spiro atoms. The van der Waals surface area contributed by atoms with Crippen LogP contribution in [0.1, 0.15) is 0 Å². The number of nitrogen functional groups attached to an aromatic ring is 1. The minimum Gasteiger partial charge on any atom is -0.383 e. The molecule has 1 aliphatic heterocycles. The summed E-state index contributed by atoms with van der Waals surface area (Å²) in [5.74, 6) is 4.38. The maximum absolute atomic E-state index is 14.1. The van der Waals surface area contributed by atoms with Gasteiger partial charge in [-0.05, 0) is 71.1 Å². The molecule has 0 aliphatic carbocycles. The van der Waals surface area contributed by atoms with Crippen molar-refractivity contribution in [3.8, 4) is 22.3 Å². The lowest BCUT2D eigenvalue weighted by atomic mass is 9.98. The highest BCUT2D eigenvalue weighted by Gasteiger charge is 2.27. The second kappa shape index (κ2) is 10.3. The first-order valence-electron chi connectivity index (χ1n) is 12.6. The van der Waals surface area contributed by atoms with Crippen LogP contribution in [0.4, 0.5) is 11.5 Å². The highest BCUT2D eigenvalue weighted by molar-refractivity contribution is 7.98. The number of piperazine rings is 1. The van der Waals surface area contributed by atoms with E-state index in [4.69, 9.17) is 17.3 Å². The average Bonchev–Trinajstić information content (AvgIpc) is 2.97. The van der Waals surface area contributed by atoms with Crippen molar-refractivity contribution in [1.82, 2.24) is 19.3 Å². The molecule has 1 unspecified atom stereocenters. The molecule has 0 saturated carbocycles. The van der Waals surface area contributed by atoms with Crippen LogP contribution in [0.5, 0.6) is 0 Å². The van der Waals surface area contributed by atoms with Crippen molar-refractivity contribution in [2.75, 3.05) is 36.8 Å².